The van der Waals surface area contributed by atoms with Gasteiger partial charge in [-0.3, -0.25) is 4.79 Å². The highest BCUT2D eigenvalue weighted by Gasteiger charge is 2.31. The Morgan fingerprint density at radius 1 is 1.27 bits per heavy atom. The summed E-state index contributed by atoms with van der Waals surface area (Å²) in [4.78, 5) is 18.8. The van der Waals surface area contributed by atoms with E-state index in [0.717, 1.165) is 23.4 Å². The van der Waals surface area contributed by atoms with Crippen LogP contribution in [0.1, 0.15) is 59.4 Å². The minimum atomic E-state index is -0.286. The summed E-state index contributed by atoms with van der Waals surface area (Å²) in [5, 5.41) is 13.5. The third-order valence-corrected chi connectivity index (χ3v) is 6.45. The molecular formula is C19H24N4O2S. The standard InChI is InChI=1S/C19H24N4O2S/c1-11(19-21-14-4-2-3-5-17(14)26-19)20-18(25)16-10-15(22-23-16)12-6-8-13(24)9-7-12/h6-9,11,15-16,22-24H,2-5,10H2,1H3,(H,20,25). The number of hydrogen-bond donors (Lipinski definition) is 4. The average molecular weight is 372 g/mol. The number of hydrazine groups is 1. The number of hydrogen-bond acceptors (Lipinski definition) is 6. The summed E-state index contributed by atoms with van der Waals surface area (Å²) in [7, 11) is 0. The highest BCUT2D eigenvalue weighted by atomic mass is 32.1. The topological polar surface area (TPSA) is 86.3 Å². The van der Waals surface area contributed by atoms with Gasteiger partial charge in [0.05, 0.1) is 11.7 Å². The van der Waals surface area contributed by atoms with Crippen molar-refractivity contribution in [2.45, 2.75) is 57.2 Å². The molecule has 1 fully saturated rings. The molecular weight excluding hydrogens is 348 g/mol. The van der Waals surface area contributed by atoms with E-state index in [1.165, 1.54) is 23.4 Å². The number of nitrogens with zero attached hydrogens (tertiary/aromatic N) is 1. The molecule has 4 N–H and O–H groups in total. The number of aryl methyl sites for hydroxylation is 2. The van der Waals surface area contributed by atoms with Crippen molar-refractivity contribution < 1.29 is 9.90 Å². The first-order valence-corrected chi connectivity index (χ1v) is 10.0. The highest BCUT2D eigenvalue weighted by Crippen LogP contribution is 2.30. The zero-order valence-electron chi connectivity index (χ0n) is 14.8. The Kier molecular flexibility index (Phi) is 4.93. The Morgan fingerprint density at radius 2 is 2.04 bits per heavy atom. The van der Waals surface area contributed by atoms with Crippen molar-refractivity contribution in [1.29, 1.82) is 0 Å². The number of nitrogens with one attached hydrogen (secondary N) is 3. The molecule has 6 nitrogen and oxygen atoms in total. The highest BCUT2D eigenvalue weighted by molar-refractivity contribution is 7.11. The fourth-order valence-electron chi connectivity index (χ4n) is 3.59. The van der Waals surface area contributed by atoms with Crippen LogP contribution in [-0.4, -0.2) is 22.0 Å². The molecule has 26 heavy (non-hydrogen) atoms. The molecule has 1 aromatic heterocycles. The molecule has 1 amide bonds. The molecule has 2 aromatic rings. The van der Waals surface area contributed by atoms with Gasteiger partial charge in [-0.15, -0.1) is 11.3 Å². The van der Waals surface area contributed by atoms with E-state index in [2.05, 4.69) is 16.2 Å². The molecule has 138 valence electrons. The van der Waals surface area contributed by atoms with Crippen LogP contribution in [0.15, 0.2) is 24.3 Å². The van der Waals surface area contributed by atoms with E-state index in [0.29, 0.717) is 6.42 Å². The average Bonchev–Trinajstić information content (AvgIpc) is 3.29. The van der Waals surface area contributed by atoms with Crippen LogP contribution in [-0.2, 0) is 17.6 Å². The third-order valence-electron chi connectivity index (χ3n) is 5.11. The lowest BCUT2D eigenvalue weighted by atomic mass is 10.0. The summed E-state index contributed by atoms with van der Waals surface area (Å²) in [6, 6.07) is 6.76. The summed E-state index contributed by atoms with van der Waals surface area (Å²) >= 11 is 1.74. The molecule has 1 saturated heterocycles. The number of carbonyl (C=O) groups excluding carboxylic acids is 1. The van der Waals surface area contributed by atoms with Crippen molar-refractivity contribution >= 4 is 17.2 Å². The smallest absolute Gasteiger partial charge is 0.239 e. The number of rotatable bonds is 4. The molecule has 1 aliphatic carbocycles. The van der Waals surface area contributed by atoms with Crippen molar-refractivity contribution in [3.8, 4) is 5.75 Å². The predicted octanol–water partition coefficient (Wildman–Crippen LogP) is 2.51. The maximum Gasteiger partial charge on any atom is 0.239 e. The van der Waals surface area contributed by atoms with Crippen molar-refractivity contribution in [2.24, 2.45) is 0 Å². The van der Waals surface area contributed by atoms with Crippen molar-refractivity contribution in [1.82, 2.24) is 21.2 Å². The van der Waals surface area contributed by atoms with Crippen molar-refractivity contribution in [3.63, 3.8) is 0 Å². The van der Waals surface area contributed by atoms with Crippen LogP contribution in [0.5, 0.6) is 5.75 Å². The molecule has 3 atom stereocenters. The lowest BCUT2D eigenvalue weighted by molar-refractivity contribution is -0.123. The molecule has 2 aliphatic rings. The SMILES string of the molecule is CC(NC(=O)C1CC(c2ccc(O)cc2)NN1)c1nc2c(s1)CCCC2. The van der Waals surface area contributed by atoms with Crippen LogP contribution < -0.4 is 16.2 Å². The van der Waals surface area contributed by atoms with Gasteiger partial charge < -0.3 is 10.4 Å². The first-order valence-electron chi connectivity index (χ1n) is 9.19. The lowest BCUT2D eigenvalue weighted by Gasteiger charge is -2.15. The van der Waals surface area contributed by atoms with Gasteiger partial charge in [0, 0.05) is 10.9 Å². The first-order chi connectivity index (χ1) is 12.6. The van der Waals surface area contributed by atoms with E-state index in [4.69, 9.17) is 4.98 Å². The van der Waals surface area contributed by atoms with Gasteiger partial charge >= 0.3 is 0 Å². The van der Waals surface area contributed by atoms with E-state index in [1.807, 2.05) is 19.1 Å². The van der Waals surface area contributed by atoms with Gasteiger partial charge in [0.2, 0.25) is 5.91 Å². The fraction of sp³-hybridized carbons (Fsp3) is 0.474. The zero-order chi connectivity index (χ0) is 18.1. The van der Waals surface area contributed by atoms with Crippen LogP contribution in [0, 0.1) is 0 Å². The van der Waals surface area contributed by atoms with Crippen LogP contribution in [0.2, 0.25) is 0 Å². The molecule has 4 rings (SSSR count). The number of benzene rings is 1. The monoisotopic (exact) mass is 372 g/mol. The van der Waals surface area contributed by atoms with Gasteiger partial charge in [-0.2, -0.15) is 0 Å². The Labute approximate surface area is 157 Å². The van der Waals surface area contributed by atoms with Gasteiger partial charge in [-0.25, -0.2) is 15.8 Å². The minimum absolute atomic E-state index is 0.0144. The second-order valence-corrected chi connectivity index (χ2v) is 8.20. The molecule has 1 aromatic carbocycles. The number of phenols is 1. The summed E-state index contributed by atoms with van der Waals surface area (Å²) in [5.74, 6) is 0.230. The molecule has 2 heterocycles. The number of carbonyl (C=O) groups is 1. The maximum absolute atomic E-state index is 12.6. The second kappa shape index (κ2) is 7.34. The fourth-order valence-corrected chi connectivity index (χ4v) is 4.74. The van der Waals surface area contributed by atoms with Gasteiger partial charge in [0.15, 0.2) is 0 Å². The number of thiazole rings is 1. The normalized spacial score (nSPS) is 23.4. The molecule has 0 radical (unpaired) electrons. The minimum Gasteiger partial charge on any atom is -0.508 e. The van der Waals surface area contributed by atoms with E-state index in [1.54, 1.807) is 23.5 Å². The van der Waals surface area contributed by atoms with Crippen molar-refractivity contribution in [3.05, 3.63) is 45.4 Å². The summed E-state index contributed by atoms with van der Waals surface area (Å²) in [6.07, 6.45) is 5.31. The summed E-state index contributed by atoms with van der Waals surface area (Å²) < 4.78 is 0. The molecule has 3 unspecified atom stereocenters. The summed E-state index contributed by atoms with van der Waals surface area (Å²) in [5.41, 5.74) is 8.53. The molecule has 0 saturated carbocycles. The number of phenolic OH excluding ortho intramolecular Hbond substituents is 1. The first kappa shape index (κ1) is 17.5. The van der Waals surface area contributed by atoms with Crippen LogP contribution in [0.3, 0.4) is 0 Å². The van der Waals surface area contributed by atoms with Crippen molar-refractivity contribution in [2.75, 3.05) is 0 Å². The Hall–Kier alpha value is -1.96. The van der Waals surface area contributed by atoms with E-state index < -0.39 is 0 Å². The van der Waals surface area contributed by atoms with E-state index in [9.17, 15) is 9.90 Å². The van der Waals surface area contributed by atoms with Crippen LogP contribution in [0.25, 0.3) is 0 Å². The molecule has 7 heteroatoms. The van der Waals surface area contributed by atoms with Gasteiger partial charge in [0.1, 0.15) is 16.8 Å². The van der Waals surface area contributed by atoms with Crippen LogP contribution >= 0.6 is 11.3 Å². The zero-order valence-corrected chi connectivity index (χ0v) is 15.6. The Morgan fingerprint density at radius 3 is 2.81 bits per heavy atom. The van der Waals surface area contributed by atoms with Gasteiger partial charge in [-0.1, -0.05) is 12.1 Å². The molecule has 1 aliphatic heterocycles. The molecule has 0 spiro atoms. The second-order valence-electron chi connectivity index (χ2n) is 7.08. The Bertz CT molecular complexity index is 766. The summed E-state index contributed by atoms with van der Waals surface area (Å²) in [6.45, 7) is 2.00. The number of aromatic hydroxyl groups is 1. The van der Waals surface area contributed by atoms with Crippen LogP contribution in [0.4, 0.5) is 0 Å². The van der Waals surface area contributed by atoms with Gasteiger partial charge in [-0.05, 0) is 56.7 Å². The largest absolute Gasteiger partial charge is 0.508 e. The Balaban J connectivity index is 1.36. The number of amides is 1. The number of aromatic nitrogens is 1. The number of fused-ring (bicyclic) bond motifs is 1. The van der Waals surface area contributed by atoms with Gasteiger partial charge in [0.25, 0.3) is 0 Å². The maximum atomic E-state index is 12.6. The molecule has 0 bridgehead atoms. The van der Waals surface area contributed by atoms with E-state index >= 15 is 0 Å². The quantitative estimate of drug-likeness (QED) is 0.663. The third kappa shape index (κ3) is 3.60. The predicted molar refractivity (Wildman–Crippen MR) is 101 cm³/mol. The lowest BCUT2D eigenvalue weighted by Crippen LogP contribution is -2.43. The van der Waals surface area contributed by atoms with E-state index in [-0.39, 0.29) is 29.8 Å².